The first-order valence-electron chi connectivity index (χ1n) is 6.51. The van der Waals surface area contributed by atoms with Crippen molar-refractivity contribution < 1.29 is 9.50 Å². The molecule has 2 N–H and O–H groups in total. The lowest BCUT2D eigenvalue weighted by molar-refractivity contribution is 0.301. The van der Waals surface area contributed by atoms with E-state index in [0.717, 1.165) is 10.6 Å². The molecular formula is C15H17FN2O3. The number of halogens is 1. The molecule has 1 heterocycles. The second kappa shape index (κ2) is 5.20. The molecule has 0 saturated carbocycles. The molecule has 0 radical (unpaired) electrons. The molecule has 0 aliphatic rings. The van der Waals surface area contributed by atoms with Crippen LogP contribution >= 0.6 is 0 Å². The fraction of sp³-hybridized carbons (Fsp3) is 0.333. The molecule has 0 spiro atoms. The smallest absolute Gasteiger partial charge is 0.331 e. The Morgan fingerprint density at radius 3 is 2.52 bits per heavy atom. The van der Waals surface area contributed by atoms with Crippen molar-refractivity contribution in [1.29, 1.82) is 0 Å². The molecule has 5 nitrogen and oxygen atoms in total. The SMILES string of the molecule is CC(C)(C)Cn1c(O)c(-c2cccc(F)c2)c(=O)[nH]c1=O. The van der Waals surface area contributed by atoms with E-state index >= 15 is 0 Å². The van der Waals surface area contributed by atoms with Crippen LogP contribution in [-0.4, -0.2) is 14.7 Å². The van der Waals surface area contributed by atoms with Gasteiger partial charge < -0.3 is 5.11 Å². The van der Waals surface area contributed by atoms with Crippen LogP contribution in [0.1, 0.15) is 20.8 Å². The first-order chi connectivity index (χ1) is 9.69. The van der Waals surface area contributed by atoms with Gasteiger partial charge in [-0.15, -0.1) is 0 Å². The van der Waals surface area contributed by atoms with Gasteiger partial charge in [-0.2, -0.15) is 0 Å². The summed E-state index contributed by atoms with van der Waals surface area (Å²) in [5.74, 6) is -0.982. The Hall–Kier alpha value is -2.37. The van der Waals surface area contributed by atoms with Crippen molar-refractivity contribution >= 4 is 0 Å². The highest BCUT2D eigenvalue weighted by Gasteiger charge is 2.20. The molecule has 0 atom stereocenters. The molecular weight excluding hydrogens is 275 g/mol. The Kier molecular flexibility index (Phi) is 3.72. The fourth-order valence-electron chi connectivity index (χ4n) is 2.08. The minimum atomic E-state index is -0.742. The molecule has 1 aromatic heterocycles. The molecule has 2 aromatic rings. The number of aromatic hydroxyl groups is 1. The van der Waals surface area contributed by atoms with E-state index in [1.54, 1.807) is 0 Å². The van der Waals surface area contributed by atoms with E-state index < -0.39 is 22.9 Å². The van der Waals surface area contributed by atoms with Gasteiger partial charge in [0.25, 0.3) is 5.56 Å². The Morgan fingerprint density at radius 2 is 1.95 bits per heavy atom. The van der Waals surface area contributed by atoms with E-state index in [0.29, 0.717) is 0 Å². The highest BCUT2D eigenvalue weighted by Crippen LogP contribution is 2.26. The third-order valence-corrected chi connectivity index (χ3v) is 2.92. The van der Waals surface area contributed by atoms with Crippen LogP contribution < -0.4 is 11.2 Å². The van der Waals surface area contributed by atoms with Crippen LogP contribution in [0.3, 0.4) is 0 Å². The molecule has 0 fully saturated rings. The predicted octanol–water partition coefficient (Wildman–Crippen LogP) is 2.09. The standard InChI is InChI=1S/C15H17FN2O3/c1-15(2,3)8-18-13(20)11(12(19)17-14(18)21)9-5-4-6-10(16)7-9/h4-7,20H,8H2,1-3H3,(H,17,19,21). The van der Waals surface area contributed by atoms with Gasteiger partial charge in [0, 0.05) is 6.54 Å². The monoisotopic (exact) mass is 292 g/mol. The van der Waals surface area contributed by atoms with Crippen molar-refractivity contribution in [3.63, 3.8) is 0 Å². The van der Waals surface area contributed by atoms with E-state index in [4.69, 9.17) is 0 Å². The summed E-state index contributed by atoms with van der Waals surface area (Å²) in [7, 11) is 0. The molecule has 112 valence electrons. The van der Waals surface area contributed by atoms with Gasteiger partial charge in [0.05, 0.1) is 0 Å². The van der Waals surface area contributed by atoms with Gasteiger partial charge in [0.2, 0.25) is 5.88 Å². The summed E-state index contributed by atoms with van der Waals surface area (Å²) in [6.07, 6.45) is 0. The zero-order valence-electron chi connectivity index (χ0n) is 12.1. The number of hydrogen-bond donors (Lipinski definition) is 2. The molecule has 2 rings (SSSR count). The van der Waals surface area contributed by atoms with Crippen molar-refractivity contribution in [2.45, 2.75) is 27.3 Å². The normalized spacial score (nSPS) is 11.6. The van der Waals surface area contributed by atoms with Gasteiger partial charge in [-0.25, -0.2) is 9.18 Å². The highest BCUT2D eigenvalue weighted by molar-refractivity contribution is 5.67. The van der Waals surface area contributed by atoms with Crippen LogP contribution in [0.25, 0.3) is 11.1 Å². The molecule has 0 amide bonds. The van der Waals surface area contributed by atoms with Crippen molar-refractivity contribution in [2.24, 2.45) is 5.41 Å². The van der Waals surface area contributed by atoms with Crippen molar-refractivity contribution in [3.05, 3.63) is 50.9 Å². The number of nitrogens with one attached hydrogen (secondary N) is 1. The zero-order valence-corrected chi connectivity index (χ0v) is 12.1. The van der Waals surface area contributed by atoms with Gasteiger partial charge in [-0.3, -0.25) is 14.3 Å². The van der Waals surface area contributed by atoms with Crippen molar-refractivity contribution in [3.8, 4) is 17.0 Å². The third-order valence-electron chi connectivity index (χ3n) is 2.92. The van der Waals surface area contributed by atoms with Gasteiger partial charge in [0.15, 0.2) is 0 Å². The molecule has 6 heteroatoms. The maximum absolute atomic E-state index is 13.3. The maximum atomic E-state index is 13.3. The Morgan fingerprint density at radius 1 is 1.29 bits per heavy atom. The summed E-state index contributed by atoms with van der Waals surface area (Å²) in [5, 5.41) is 10.3. The topological polar surface area (TPSA) is 75.1 Å². The number of rotatable bonds is 2. The zero-order chi connectivity index (χ0) is 15.8. The molecule has 21 heavy (non-hydrogen) atoms. The Bertz CT molecular complexity index is 785. The molecule has 0 unspecified atom stereocenters. The number of H-pyrrole nitrogens is 1. The Labute approximate surface area is 120 Å². The van der Waals surface area contributed by atoms with Crippen LogP contribution in [-0.2, 0) is 6.54 Å². The van der Waals surface area contributed by atoms with Crippen molar-refractivity contribution in [2.75, 3.05) is 0 Å². The summed E-state index contributed by atoms with van der Waals surface area (Å²) in [4.78, 5) is 26.0. The average Bonchev–Trinajstić information content (AvgIpc) is 2.33. The molecule has 0 aliphatic carbocycles. The van der Waals surface area contributed by atoms with Crippen LogP contribution in [0.4, 0.5) is 4.39 Å². The van der Waals surface area contributed by atoms with E-state index in [1.165, 1.54) is 18.2 Å². The summed E-state index contributed by atoms with van der Waals surface area (Å²) in [6, 6.07) is 5.30. The van der Waals surface area contributed by atoms with E-state index in [9.17, 15) is 19.1 Å². The minimum Gasteiger partial charge on any atom is -0.494 e. The molecule has 1 aromatic carbocycles. The lowest BCUT2D eigenvalue weighted by atomic mass is 9.96. The highest BCUT2D eigenvalue weighted by atomic mass is 19.1. The number of nitrogens with zero attached hydrogens (tertiary/aromatic N) is 1. The van der Waals surface area contributed by atoms with E-state index in [1.807, 2.05) is 20.8 Å². The van der Waals surface area contributed by atoms with Crippen molar-refractivity contribution in [1.82, 2.24) is 9.55 Å². The Balaban J connectivity index is 2.71. The molecule has 0 aliphatic heterocycles. The van der Waals surface area contributed by atoms with Gasteiger partial charge in [0.1, 0.15) is 11.4 Å². The van der Waals surface area contributed by atoms with Gasteiger partial charge in [-0.1, -0.05) is 32.9 Å². The van der Waals surface area contributed by atoms with Crippen LogP contribution in [0.5, 0.6) is 5.88 Å². The largest absolute Gasteiger partial charge is 0.494 e. The average molecular weight is 292 g/mol. The lowest BCUT2D eigenvalue weighted by Gasteiger charge is -2.21. The fourth-order valence-corrected chi connectivity index (χ4v) is 2.08. The summed E-state index contributed by atoms with van der Waals surface area (Å²) in [6.45, 7) is 5.90. The summed E-state index contributed by atoms with van der Waals surface area (Å²) in [5.41, 5.74) is -1.60. The minimum absolute atomic E-state index is 0.113. The van der Waals surface area contributed by atoms with Crippen LogP contribution in [0.2, 0.25) is 0 Å². The maximum Gasteiger partial charge on any atom is 0.331 e. The summed E-state index contributed by atoms with van der Waals surface area (Å²) < 4.78 is 14.4. The van der Waals surface area contributed by atoms with Gasteiger partial charge in [-0.05, 0) is 23.1 Å². The van der Waals surface area contributed by atoms with Crippen LogP contribution in [0.15, 0.2) is 33.9 Å². The second-order valence-corrected chi connectivity index (χ2v) is 6.12. The third kappa shape index (κ3) is 3.21. The number of aromatic nitrogens is 2. The predicted molar refractivity (Wildman–Crippen MR) is 77.8 cm³/mol. The van der Waals surface area contributed by atoms with E-state index in [2.05, 4.69) is 4.98 Å². The molecule has 0 saturated heterocycles. The number of aromatic amines is 1. The lowest BCUT2D eigenvalue weighted by Crippen LogP contribution is -2.34. The molecule has 0 bridgehead atoms. The van der Waals surface area contributed by atoms with Crippen LogP contribution in [0, 0.1) is 11.2 Å². The first-order valence-corrected chi connectivity index (χ1v) is 6.51. The van der Waals surface area contributed by atoms with E-state index in [-0.39, 0.29) is 23.1 Å². The van der Waals surface area contributed by atoms with Gasteiger partial charge >= 0.3 is 5.69 Å². The summed E-state index contributed by atoms with van der Waals surface area (Å²) >= 11 is 0. The first kappa shape index (κ1) is 15.0. The quantitative estimate of drug-likeness (QED) is 0.890. The second-order valence-electron chi connectivity index (χ2n) is 6.12. The number of hydrogen-bond acceptors (Lipinski definition) is 3. The number of benzene rings is 1.